The third-order valence-electron chi connectivity index (χ3n) is 2.69. The zero-order chi connectivity index (χ0) is 13.8. The van der Waals surface area contributed by atoms with Gasteiger partial charge in [-0.2, -0.15) is 0 Å². The van der Waals surface area contributed by atoms with E-state index in [0.717, 1.165) is 17.0 Å². The number of nitrogens with one attached hydrogen (secondary N) is 1. The fourth-order valence-corrected chi connectivity index (χ4v) is 1.75. The minimum atomic E-state index is -0.612. The number of benzene rings is 1. The van der Waals surface area contributed by atoms with Gasteiger partial charge in [0, 0.05) is 17.0 Å². The molecule has 0 amide bonds. The standard InChI is InChI=1S/C14H13NO4/c1-18-13(16)8-10(14(17)19-2)12-7-9-5-3-4-6-11(9)15-12/h3-8,15H,1-2H3/b10-8-. The fraction of sp³-hybridized carbons (Fsp3) is 0.143. The van der Waals surface area contributed by atoms with Crippen LogP contribution in [-0.4, -0.2) is 31.1 Å². The summed E-state index contributed by atoms with van der Waals surface area (Å²) >= 11 is 0. The van der Waals surface area contributed by atoms with Gasteiger partial charge in [-0.1, -0.05) is 18.2 Å². The highest BCUT2D eigenvalue weighted by atomic mass is 16.5. The Morgan fingerprint density at radius 3 is 2.53 bits per heavy atom. The second-order valence-electron chi connectivity index (χ2n) is 3.84. The molecule has 0 fully saturated rings. The third-order valence-corrected chi connectivity index (χ3v) is 2.69. The monoisotopic (exact) mass is 259 g/mol. The summed E-state index contributed by atoms with van der Waals surface area (Å²) in [7, 11) is 2.51. The van der Waals surface area contributed by atoms with Gasteiger partial charge in [0.1, 0.15) is 0 Å². The van der Waals surface area contributed by atoms with Crippen LogP contribution in [0.1, 0.15) is 5.69 Å². The first-order valence-corrected chi connectivity index (χ1v) is 5.62. The molecule has 0 radical (unpaired) electrons. The predicted molar refractivity (Wildman–Crippen MR) is 70.3 cm³/mol. The molecule has 5 heteroatoms. The number of para-hydroxylation sites is 1. The summed E-state index contributed by atoms with van der Waals surface area (Å²) in [6, 6.07) is 9.33. The highest BCUT2D eigenvalue weighted by molar-refractivity contribution is 6.20. The molecule has 0 aliphatic rings. The van der Waals surface area contributed by atoms with E-state index in [1.54, 1.807) is 6.07 Å². The summed E-state index contributed by atoms with van der Waals surface area (Å²) < 4.78 is 9.21. The highest BCUT2D eigenvalue weighted by Crippen LogP contribution is 2.21. The lowest BCUT2D eigenvalue weighted by Crippen LogP contribution is -2.07. The van der Waals surface area contributed by atoms with Gasteiger partial charge in [-0.15, -0.1) is 0 Å². The van der Waals surface area contributed by atoms with Crippen LogP contribution >= 0.6 is 0 Å². The Balaban J connectivity index is 2.51. The molecule has 0 aliphatic carbocycles. The van der Waals surface area contributed by atoms with Gasteiger partial charge in [0.05, 0.1) is 25.5 Å². The van der Waals surface area contributed by atoms with E-state index in [1.807, 2.05) is 24.3 Å². The van der Waals surface area contributed by atoms with Crippen molar-refractivity contribution in [2.45, 2.75) is 0 Å². The Morgan fingerprint density at radius 2 is 1.89 bits per heavy atom. The molecule has 5 nitrogen and oxygen atoms in total. The number of fused-ring (bicyclic) bond motifs is 1. The summed E-state index contributed by atoms with van der Waals surface area (Å²) in [5.74, 6) is -1.21. The molecule has 2 aromatic rings. The smallest absolute Gasteiger partial charge is 0.340 e. The van der Waals surface area contributed by atoms with Gasteiger partial charge in [0.25, 0.3) is 0 Å². The van der Waals surface area contributed by atoms with Gasteiger partial charge in [-0.3, -0.25) is 0 Å². The second kappa shape index (κ2) is 5.39. The molecular formula is C14H13NO4. The second-order valence-corrected chi connectivity index (χ2v) is 3.84. The molecule has 0 spiro atoms. The minimum absolute atomic E-state index is 0.130. The molecular weight excluding hydrogens is 246 g/mol. The van der Waals surface area contributed by atoms with Gasteiger partial charge in [0.15, 0.2) is 0 Å². The van der Waals surface area contributed by atoms with Crippen LogP contribution in [0.5, 0.6) is 0 Å². The van der Waals surface area contributed by atoms with Crippen molar-refractivity contribution in [3.63, 3.8) is 0 Å². The van der Waals surface area contributed by atoms with Crippen molar-refractivity contribution >= 4 is 28.4 Å². The van der Waals surface area contributed by atoms with Crippen LogP contribution in [0.15, 0.2) is 36.4 Å². The van der Waals surface area contributed by atoms with Gasteiger partial charge in [-0.05, 0) is 12.1 Å². The predicted octanol–water partition coefficient (Wildman–Crippen LogP) is 1.90. The Labute approximate surface area is 109 Å². The first kappa shape index (κ1) is 12.9. The van der Waals surface area contributed by atoms with Crippen LogP contribution < -0.4 is 0 Å². The van der Waals surface area contributed by atoms with Crippen molar-refractivity contribution < 1.29 is 19.1 Å². The molecule has 0 aliphatic heterocycles. The lowest BCUT2D eigenvalue weighted by atomic mass is 10.1. The van der Waals surface area contributed by atoms with E-state index in [9.17, 15) is 9.59 Å². The lowest BCUT2D eigenvalue weighted by Gasteiger charge is -2.02. The molecule has 1 N–H and O–H groups in total. The van der Waals surface area contributed by atoms with Gasteiger partial charge in [0.2, 0.25) is 0 Å². The topological polar surface area (TPSA) is 68.4 Å². The largest absolute Gasteiger partial charge is 0.466 e. The maximum atomic E-state index is 11.7. The van der Waals surface area contributed by atoms with Crippen molar-refractivity contribution in [3.05, 3.63) is 42.1 Å². The zero-order valence-corrected chi connectivity index (χ0v) is 10.6. The Hall–Kier alpha value is -2.56. The van der Waals surface area contributed by atoms with E-state index < -0.39 is 11.9 Å². The van der Waals surface area contributed by atoms with E-state index in [0.29, 0.717) is 5.69 Å². The highest BCUT2D eigenvalue weighted by Gasteiger charge is 2.16. The third kappa shape index (κ3) is 2.65. The number of rotatable bonds is 3. The van der Waals surface area contributed by atoms with Crippen LogP contribution in [-0.2, 0) is 19.1 Å². The number of hydrogen-bond donors (Lipinski definition) is 1. The van der Waals surface area contributed by atoms with Crippen molar-refractivity contribution in [2.75, 3.05) is 14.2 Å². The zero-order valence-electron chi connectivity index (χ0n) is 10.6. The molecule has 1 aromatic heterocycles. The van der Waals surface area contributed by atoms with Crippen molar-refractivity contribution in [1.82, 2.24) is 4.98 Å². The maximum Gasteiger partial charge on any atom is 0.340 e. The van der Waals surface area contributed by atoms with Crippen LogP contribution in [0.4, 0.5) is 0 Å². The molecule has 0 bridgehead atoms. The van der Waals surface area contributed by atoms with E-state index in [1.165, 1.54) is 14.2 Å². The SMILES string of the molecule is COC(=O)/C=C(\C(=O)OC)c1cc2ccccc2[nH]1. The van der Waals surface area contributed by atoms with E-state index in [4.69, 9.17) is 0 Å². The summed E-state index contributed by atoms with van der Waals surface area (Å²) in [5.41, 5.74) is 1.51. The van der Waals surface area contributed by atoms with Gasteiger partial charge in [-0.25, -0.2) is 9.59 Å². The average Bonchev–Trinajstić information content (AvgIpc) is 2.87. The molecule has 0 saturated heterocycles. The first-order valence-electron chi connectivity index (χ1n) is 5.62. The molecule has 0 saturated carbocycles. The quantitative estimate of drug-likeness (QED) is 0.675. The average molecular weight is 259 g/mol. The normalized spacial score (nSPS) is 11.4. The Bertz CT molecular complexity index is 621. The Morgan fingerprint density at radius 1 is 1.16 bits per heavy atom. The number of aromatic nitrogens is 1. The van der Waals surface area contributed by atoms with Gasteiger partial charge >= 0.3 is 11.9 Å². The van der Waals surface area contributed by atoms with Crippen LogP contribution in [0.2, 0.25) is 0 Å². The summed E-state index contributed by atoms with van der Waals surface area (Å²) in [6.07, 6.45) is 1.11. The number of carbonyl (C=O) groups excluding carboxylic acids is 2. The van der Waals surface area contributed by atoms with Crippen LogP contribution in [0.25, 0.3) is 16.5 Å². The van der Waals surface area contributed by atoms with Crippen LogP contribution in [0.3, 0.4) is 0 Å². The fourth-order valence-electron chi connectivity index (χ4n) is 1.75. The van der Waals surface area contributed by atoms with Crippen LogP contribution in [0, 0.1) is 0 Å². The number of carbonyl (C=O) groups is 2. The molecule has 1 heterocycles. The van der Waals surface area contributed by atoms with E-state index in [2.05, 4.69) is 14.5 Å². The molecule has 1 aromatic carbocycles. The molecule has 19 heavy (non-hydrogen) atoms. The summed E-state index contributed by atoms with van der Waals surface area (Å²) in [6.45, 7) is 0. The number of esters is 2. The summed E-state index contributed by atoms with van der Waals surface area (Å²) in [4.78, 5) is 26.1. The number of hydrogen-bond acceptors (Lipinski definition) is 4. The molecule has 98 valence electrons. The molecule has 0 atom stereocenters. The van der Waals surface area contributed by atoms with Crippen molar-refractivity contribution in [1.29, 1.82) is 0 Å². The summed E-state index contributed by atoms with van der Waals surface area (Å²) in [5, 5.41) is 0.942. The van der Waals surface area contributed by atoms with Crippen molar-refractivity contribution in [3.8, 4) is 0 Å². The van der Waals surface area contributed by atoms with Crippen molar-refractivity contribution in [2.24, 2.45) is 0 Å². The number of H-pyrrole nitrogens is 1. The number of ether oxygens (including phenoxy) is 2. The van der Waals surface area contributed by atoms with Gasteiger partial charge < -0.3 is 14.5 Å². The molecule has 2 rings (SSSR count). The van der Waals surface area contributed by atoms with E-state index >= 15 is 0 Å². The Kier molecular flexibility index (Phi) is 3.66. The number of aromatic amines is 1. The van der Waals surface area contributed by atoms with E-state index in [-0.39, 0.29) is 5.57 Å². The maximum absolute atomic E-state index is 11.7. The molecule has 0 unspecified atom stereocenters. The number of methoxy groups -OCH3 is 2. The lowest BCUT2D eigenvalue weighted by molar-refractivity contribution is -0.136. The first-order chi connectivity index (χ1) is 9.15. The minimum Gasteiger partial charge on any atom is -0.466 e.